The van der Waals surface area contributed by atoms with E-state index in [1.165, 1.54) is 0 Å². The van der Waals surface area contributed by atoms with Crippen molar-refractivity contribution in [2.75, 3.05) is 24.9 Å². The van der Waals surface area contributed by atoms with Crippen LogP contribution in [0.2, 0.25) is 0 Å². The molecule has 0 aliphatic heterocycles. The Morgan fingerprint density at radius 2 is 1.92 bits per heavy atom. The summed E-state index contributed by atoms with van der Waals surface area (Å²) in [5, 5.41) is 3.48. The second-order valence-corrected chi connectivity index (χ2v) is 6.78. The van der Waals surface area contributed by atoms with Crippen LogP contribution >= 0.6 is 11.8 Å². The highest BCUT2D eigenvalue weighted by Crippen LogP contribution is 2.30. The summed E-state index contributed by atoms with van der Waals surface area (Å²) in [6.45, 7) is 8.26. The molecule has 0 spiro atoms. The first-order valence-corrected chi connectivity index (χ1v) is 9.58. The van der Waals surface area contributed by atoms with Gasteiger partial charge in [0.1, 0.15) is 5.76 Å². The highest BCUT2D eigenvalue weighted by molar-refractivity contribution is 7.98. The largest absolute Gasteiger partial charge is 0.500 e. The Labute approximate surface area is 155 Å². The summed E-state index contributed by atoms with van der Waals surface area (Å²) in [4.78, 5) is 0. The summed E-state index contributed by atoms with van der Waals surface area (Å²) in [7, 11) is 1.65. The van der Waals surface area contributed by atoms with Gasteiger partial charge >= 0.3 is 0 Å². The average Bonchev–Trinajstić information content (AvgIpc) is 2.64. The molecule has 0 aliphatic rings. The molecule has 1 unspecified atom stereocenters. The minimum Gasteiger partial charge on any atom is -0.500 e. The van der Waals surface area contributed by atoms with Gasteiger partial charge in [-0.2, -0.15) is 11.8 Å². The number of hydrogen-bond acceptors (Lipinski definition) is 4. The fourth-order valence-electron chi connectivity index (χ4n) is 2.66. The molecule has 0 heterocycles. The topological polar surface area (TPSA) is 47.3 Å². The van der Waals surface area contributed by atoms with Crippen molar-refractivity contribution >= 4 is 23.1 Å². The Morgan fingerprint density at radius 1 is 1.20 bits per heavy atom. The predicted molar refractivity (Wildman–Crippen MR) is 111 cm³/mol. The first-order valence-electron chi connectivity index (χ1n) is 8.19. The molecule has 0 saturated heterocycles. The molecule has 0 bridgehead atoms. The van der Waals surface area contributed by atoms with Crippen LogP contribution in [-0.4, -0.2) is 25.2 Å². The number of nitrogens with two attached hydrogens (primary N) is 1. The van der Waals surface area contributed by atoms with E-state index in [0.717, 1.165) is 40.2 Å². The van der Waals surface area contributed by atoms with Gasteiger partial charge in [-0.1, -0.05) is 49.6 Å². The van der Waals surface area contributed by atoms with E-state index >= 15 is 0 Å². The number of anilines is 1. The SMILES string of the molecule is C=C(NC(CCSC)C(=C)OC)c1ccc(N)cc1-c1ccccc1. The third-order valence-corrected chi connectivity index (χ3v) is 4.71. The van der Waals surface area contributed by atoms with Crippen LogP contribution in [0.1, 0.15) is 12.0 Å². The number of benzene rings is 2. The Balaban J connectivity index is 2.30. The number of thioether (sulfide) groups is 1. The minimum absolute atomic E-state index is 0.0196. The predicted octanol–water partition coefficient (Wildman–Crippen LogP) is 4.78. The molecule has 25 heavy (non-hydrogen) atoms. The lowest BCUT2D eigenvalue weighted by Crippen LogP contribution is -2.30. The molecule has 0 fully saturated rings. The van der Waals surface area contributed by atoms with Crippen LogP contribution in [0.5, 0.6) is 0 Å². The molecule has 3 N–H and O–H groups in total. The maximum absolute atomic E-state index is 6.01. The number of hydrogen-bond donors (Lipinski definition) is 2. The zero-order valence-electron chi connectivity index (χ0n) is 14.9. The van der Waals surface area contributed by atoms with Gasteiger partial charge in [-0.15, -0.1) is 0 Å². The lowest BCUT2D eigenvalue weighted by atomic mass is 9.97. The number of nitrogen functional groups attached to an aromatic ring is 1. The quantitative estimate of drug-likeness (QED) is 0.503. The van der Waals surface area contributed by atoms with E-state index in [1.807, 2.05) is 36.4 Å². The number of rotatable bonds is 9. The lowest BCUT2D eigenvalue weighted by molar-refractivity contribution is 0.258. The summed E-state index contributed by atoms with van der Waals surface area (Å²) in [6, 6.07) is 16.1. The van der Waals surface area contributed by atoms with Gasteiger partial charge in [-0.25, -0.2) is 0 Å². The van der Waals surface area contributed by atoms with Crippen molar-refractivity contribution in [3.8, 4) is 11.1 Å². The van der Waals surface area contributed by atoms with Crippen molar-refractivity contribution in [2.24, 2.45) is 0 Å². The van der Waals surface area contributed by atoms with Crippen molar-refractivity contribution in [3.05, 3.63) is 73.0 Å². The van der Waals surface area contributed by atoms with Crippen LogP contribution in [0.15, 0.2) is 67.4 Å². The smallest absolute Gasteiger partial charge is 0.111 e. The zero-order valence-corrected chi connectivity index (χ0v) is 15.7. The van der Waals surface area contributed by atoms with Gasteiger partial charge in [0.15, 0.2) is 0 Å². The summed E-state index contributed by atoms with van der Waals surface area (Å²) in [5.41, 5.74) is 10.8. The Kier molecular flexibility index (Phi) is 7.02. The third kappa shape index (κ3) is 5.07. The molecule has 2 aromatic carbocycles. The standard InChI is InChI=1S/C21H26N2OS/c1-15(23-21(12-13-25-4)16(2)24-3)19-11-10-18(22)14-20(19)17-8-6-5-7-9-17/h5-11,14,21,23H,1-2,12-13,22H2,3-4H3. The number of ether oxygens (including phenoxy) is 1. The lowest BCUT2D eigenvalue weighted by Gasteiger charge is -2.23. The molecule has 3 nitrogen and oxygen atoms in total. The first kappa shape index (κ1) is 19.0. The Bertz CT molecular complexity index is 728. The van der Waals surface area contributed by atoms with Gasteiger partial charge < -0.3 is 15.8 Å². The van der Waals surface area contributed by atoms with Crippen LogP contribution in [0.4, 0.5) is 5.69 Å². The summed E-state index contributed by atoms with van der Waals surface area (Å²) in [6.07, 6.45) is 3.01. The van der Waals surface area contributed by atoms with Crippen LogP contribution in [0, 0.1) is 0 Å². The van der Waals surface area contributed by atoms with E-state index in [4.69, 9.17) is 10.5 Å². The van der Waals surface area contributed by atoms with E-state index < -0.39 is 0 Å². The van der Waals surface area contributed by atoms with Gasteiger partial charge in [-0.05, 0) is 41.7 Å². The van der Waals surface area contributed by atoms with Crippen molar-refractivity contribution in [2.45, 2.75) is 12.5 Å². The average molecular weight is 355 g/mol. The summed E-state index contributed by atoms with van der Waals surface area (Å²) >= 11 is 1.80. The van der Waals surface area contributed by atoms with Crippen LogP contribution in [0.25, 0.3) is 16.8 Å². The molecule has 0 saturated carbocycles. The van der Waals surface area contributed by atoms with Crippen molar-refractivity contribution in [1.29, 1.82) is 0 Å². The minimum atomic E-state index is 0.0196. The van der Waals surface area contributed by atoms with Crippen molar-refractivity contribution in [3.63, 3.8) is 0 Å². The monoisotopic (exact) mass is 354 g/mol. The van der Waals surface area contributed by atoms with Crippen LogP contribution in [0.3, 0.4) is 0 Å². The molecule has 2 aromatic rings. The normalized spacial score (nSPS) is 11.6. The third-order valence-electron chi connectivity index (χ3n) is 4.06. The van der Waals surface area contributed by atoms with E-state index in [0.29, 0.717) is 5.76 Å². The highest BCUT2D eigenvalue weighted by Gasteiger charge is 2.16. The fourth-order valence-corrected chi connectivity index (χ4v) is 3.13. The number of methoxy groups -OCH3 is 1. The molecule has 132 valence electrons. The van der Waals surface area contributed by atoms with Gasteiger partial charge in [0.05, 0.1) is 13.2 Å². The summed E-state index contributed by atoms with van der Waals surface area (Å²) in [5.74, 6) is 1.73. The Hall–Kier alpha value is -2.33. The highest BCUT2D eigenvalue weighted by atomic mass is 32.2. The zero-order chi connectivity index (χ0) is 18.2. The second-order valence-electron chi connectivity index (χ2n) is 5.80. The molecule has 1 atom stereocenters. The van der Waals surface area contributed by atoms with Gasteiger partial charge in [0.25, 0.3) is 0 Å². The van der Waals surface area contributed by atoms with E-state index in [-0.39, 0.29) is 6.04 Å². The van der Waals surface area contributed by atoms with Gasteiger partial charge in [0, 0.05) is 16.9 Å². The maximum atomic E-state index is 6.01. The van der Waals surface area contributed by atoms with Crippen LogP contribution in [-0.2, 0) is 4.74 Å². The molecule has 0 amide bonds. The molecule has 2 rings (SSSR count). The van der Waals surface area contributed by atoms with Gasteiger partial charge in [0.2, 0.25) is 0 Å². The molecule has 0 radical (unpaired) electrons. The summed E-state index contributed by atoms with van der Waals surface area (Å²) < 4.78 is 5.35. The van der Waals surface area contributed by atoms with Crippen molar-refractivity contribution in [1.82, 2.24) is 5.32 Å². The van der Waals surface area contributed by atoms with E-state index in [1.54, 1.807) is 18.9 Å². The maximum Gasteiger partial charge on any atom is 0.111 e. The second kappa shape index (κ2) is 9.23. The molecule has 4 heteroatoms. The fraction of sp³-hybridized carbons (Fsp3) is 0.238. The first-order chi connectivity index (χ1) is 12.1. The molecular weight excluding hydrogens is 328 g/mol. The Morgan fingerprint density at radius 3 is 2.56 bits per heavy atom. The van der Waals surface area contributed by atoms with Crippen LogP contribution < -0.4 is 11.1 Å². The molecule has 0 aromatic heterocycles. The van der Waals surface area contributed by atoms with Gasteiger partial charge in [-0.3, -0.25) is 0 Å². The van der Waals surface area contributed by atoms with Crippen molar-refractivity contribution < 1.29 is 4.74 Å². The molecule has 0 aliphatic carbocycles. The van der Waals surface area contributed by atoms with E-state index in [2.05, 4.69) is 36.9 Å². The van der Waals surface area contributed by atoms with E-state index in [9.17, 15) is 0 Å². The number of nitrogens with one attached hydrogen (secondary N) is 1. The molecular formula is C21H26N2OS.